The lowest BCUT2D eigenvalue weighted by Gasteiger charge is -2.11. The van der Waals surface area contributed by atoms with Crippen molar-refractivity contribution in [2.24, 2.45) is 0 Å². The molecule has 9 heteroatoms. The summed E-state index contributed by atoms with van der Waals surface area (Å²) in [5.74, 6) is -0.673. The monoisotopic (exact) mass is 410 g/mol. The normalized spacial score (nSPS) is 10.3. The number of anilines is 1. The van der Waals surface area contributed by atoms with E-state index in [1.807, 2.05) is 30.3 Å². The first-order valence-corrected chi connectivity index (χ1v) is 8.86. The van der Waals surface area contributed by atoms with E-state index in [9.17, 15) is 19.7 Å². The number of esters is 1. The largest absolute Gasteiger partial charge is 0.495 e. The van der Waals surface area contributed by atoms with E-state index in [-0.39, 0.29) is 23.7 Å². The van der Waals surface area contributed by atoms with Crippen LogP contribution in [-0.4, -0.2) is 37.1 Å². The van der Waals surface area contributed by atoms with Crippen LogP contribution >= 0.6 is 0 Å². The molecular weight excluding hydrogens is 392 g/mol. The lowest BCUT2D eigenvalue weighted by molar-refractivity contribution is -0.384. The number of nitro groups is 1. The van der Waals surface area contributed by atoms with E-state index in [1.165, 1.54) is 19.2 Å². The Kier molecular flexibility index (Phi) is 6.43. The van der Waals surface area contributed by atoms with Crippen molar-refractivity contribution in [2.45, 2.75) is 0 Å². The molecule has 1 amide bonds. The average Bonchev–Trinajstić information content (AvgIpc) is 2.76. The second kappa shape index (κ2) is 9.37. The van der Waals surface area contributed by atoms with Crippen LogP contribution in [0.2, 0.25) is 0 Å². The number of nitrogens with one attached hydrogen (secondary N) is 1. The van der Waals surface area contributed by atoms with Crippen molar-refractivity contribution < 1.29 is 28.7 Å². The number of methoxy groups -OCH3 is 1. The second-order valence-electron chi connectivity index (χ2n) is 6.15. The number of rotatable bonds is 8. The number of amides is 1. The molecule has 30 heavy (non-hydrogen) atoms. The molecule has 0 atom stereocenters. The van der Waals surface area contributed by atoms with Crippen LogP contribution in [0.5, 0.6) is 11.5 Å². The van der Waals surface area contributed by atoms with Gasteiger partial charge in [0, 0.05) is 12.1 Å². The molecule has 0 saturated heterocycles. The van der Waals surface area contributed by atoms with Gasteiger partial charge in [0.2, 0.25) is 0 Å². The van der Waals surface area contributed by atoms with Gasteiger partial charge in [-0.3, -0.25) is 14.9 Å². The molecule has 0 unspecified atom stereocenters. The molecule has 9 nitrogen and oxygen atoms in total. The van der Waals surface area contributed by atoms with E-state index in [2.05, 4.69) is 5.32 Å². The predicted octanol–water partition coefficient (Wildman–Crippen LogP) is 3.32. The fourth-order valence-electron chi connectivity index (χ4n) is 2.68. The highest BCUT2D eigenvalue weighted by molar-refractivity contribution is 5.94. The van der Waals surface area contributed by atoms with Gasteiger partial charge in [0.1, 0.15) is 11.5 Å². The second-order valence-corrected chi connectivity index (χ2v) is 6.15. The number of nitro benzene ring substituents is 1. The highest BCUT2D eigenvalue weighted by Gasteiger charge is 2.15. The van der Waals surface area contributed by atoms with Crippen molar-refractivity contribution in [1.82, 2.24) is 0 Å². The first-order valence-electron chi connectivity index (χ1n) is 8.86. The SMILES string of the molecule is COc1ccc([N+](=O)[O-])cc1NC(=O)COC(=O)COc1ccc2ccccc2c1. The smallest absolute Gasteiger partial charge is 0.344 e. The molecule has 1 N–H and O–H groups in total. The molecule has 0 aliphatic heterocycles. The first kappa shape index (κ1) is 20.6. The Bertz CT molecular complexity index is 1100. The molecule has 154 valence electrons. The Labute approximate surface area is 171 Å². The number of carbonyl (C=O) groups excluding carboxylic acids is 2. The minimum absolute atomic E-state index is 0.0974. The Hall–Kier alpha value is -4.14. The summed E-state index contributed by atoms with van der Waals surface area (Å²) in [4.78, 5) is 34.2. The maximum Gasteiger partial charge on any atom is 0.344 e. The fraction of sp³-hybridized carbons (Fsp3) is 0.143. The summed E-state index contributed by atoms with van der Waals surface area (Å²) >= 11 is 0. The molecule has 3 aromatic carbocycles. The van der Waals surface area contributed by atoms with Gasteiger partial charge in [0.05, 0.1) is 17.7 Å². The Morgan fingerprint density at radius 1 is 1.00 bits per heavy atom. The minimum Gasteiger partial charge on any atom is -0.495 e. The summed E-state index contributed by atoms with van der Waals surface area (Å²) in [6.07, 6.45) is 0. The predicted molar refractivity (Wildman–Crippen MR) is 109 cm³/mol. The highest BCUT2D eigenvalue weighted by Crippen LogP contribution is 2.28. The number of carbonyl (C=O) groups is 2. The van der Waals surface area contributed by atoms with Crippen LogP contribution < -0.4 is 14.8 Å². The van der Waals surface area contributed by atoms with Gasteiger partial charge in [-0.1, -0.05) is 30.3 Å². The van der Waals surface area contributed by atoms with Crippen LogP contribution in [0.15, 0.2) is 60.7 Å². The fourth-order valence-corrected chi connectivity index (χ4v) is 2.68. The van der Waals surface area contributed by atoms with E-state index in [0.717, 1.165) is 16.8 Å². The summed E-state index contributed by atoms with van der Waals surface area (Å²) in [6.45, 7) is -0.947. The summed E-state index contributed by atoms with van der Waals surface area (Å²) in [7, 11) is 1.36. The Morgan fingerprint density at radius 3 is 2.50 bits per heavy atom. The van der Waals surface area contributed by atoms with Crippen LogP contribution in [0.1, 0.15) is 0 Å². The first-order chi connectivity index (χ1) is 14.5. The maximum atomic E-state index is 12.0. The third kappa shape index (κ3) is 5.22. The zero-order chi connectivity index (χ0) is 21.5. The van der Waals surface area contributed by atoms with Crippen molar-refractivity contribution in [2.75, 3.05) is 25.6 Å². The molecule has 0 aliphatic carbocycles. The summed E-state index contributed by atoms with van der Waals surface area (Å²) < 4.78 is 15.3. The molecule has 0 saturated carbocycles. The highest BCUT2D eigenvalue weighted by atomic mass is 16.6. The van der Waals surface area contributed by atoms with Crippen molar-refractivity contribution in [3.8, 4) is 11.5 Å². The van der Waals surface area contributed by atoms with Gasteiger partial charge in [-0.15, -0.1) is 0 Å². The van der Waals surface area contributed by atoms with E-state index >= 15 is 0 Å². The molecule has 0 radical (unpaired) electrons. The van der Waals surface area contributed by atoms with Gasteiger partial charge in [-0.05, 0) is 29.0 Å². The zero-order valence-electron chi connectivity index (χ0n) is 16.0. The van der Waals surface area contributed by atoms with Crippen LogP contribution in [0, 0.1) is 10.1 Å². The lowest BCUT2D eigenvalue weighted by Crippen LogP contribution is -2.23. The molecule has 0 bridgehead atoms. The van der Waals surface area contributed by atoms with Gasteiger partial charge in [-0.2, -0.15) is 0 Å². The third-order valence-corrected chi connectivity index (χ3v) is 4.11. The van der Waals surface area contributed by atoms with Crippen molar-refractivity contribution >= 4 is 34.0 Å². The van der Waals surface area contributed by atoms with Crippen LogP contribution in [0.25, 0.3) is 10.8 Å². The number of benzene rings is 3. The van der Waals surface area contributed by atoms with Crippen LogP contribution in [0.3, 0.4) is 0 Å². The van der Waals surface area contributed by atoms with E-state index < -0.39 is 23.4 Å². The Balaban J connectivity index is 1.51. The van der Waals surface area contributed by atoms with E-state index in [1.54, 1.807) is 12.1 Å². The van der Waals surface area contributed by atoms with Gasteiger partial charge >= 0.3 is 5.97 Å². The van der Waals surface area contributed by atoms with Gasteiger partial charge < -0.3 is 19.5 Å². The van der Waals surface area contributed by atoms with Crippen molar-refractivity contribution in [1.29, 1.82) is 0 Å². The number of hydrogen-bond donors (Lipinski definition) is 1. The molecule has 3 rings (SSSR count). The third-order valence-electron chi connectivity index (χ3n) is 4.11. The minimum atomic E-state index is -0.732. The molecule has 0 aromatic heterocycles. The molecule has 3 aromatic rings. The summed E-state index contributed by atoms with van der Waals surface area (Å²) in [6, 6.07) is 16.9. The lowest BCUT2D eigenvalue weighted by atomic mass is 10.1. The molecule has 0 fully saturated rings. The topological polar surface area (TPSA) is 117 Å². The molecule has 0 heterocycles. The van der Waals surface area contributed by atoms with E-state index in [4.69, 9.17) is 14.2 Å². The van der Waals surface area contributed by atoms with Crippen molar-refractivity contribution in [3.05, 3.63) is 70.8 Å². The average molecular weight is 410 g/mol. The number of non-ortho nitro benzene ring substituents is 1. The zero-order valence-corrected chi connectivity index (χ0v) is 16.0. The van der Waals surface area contributed by atoms with E-state index in [0.29, 0.717) is 5.75 Å². The molecule has 0 aliphatic rings. The summed E-state index contributed by atoms with van der Waals surface area (Å²) in [5, 5.41) is 15.3. The van der Waals surface area contributed by atoms with Gasteiger partial charge in [0.25, 0.3) is 11.6 Å². The Morgan fingerprint density at radius 2 is 1.77 bits per heavy atom. The van der Waals surface area contributed by atoms with Crippen LogP contribution in [0.4, 0.5) is 11.4 Å². The van der Waals surface area contributed by atoms with Gasteiger partial charge in [0.15, 0.2) is 13.2 Å². The van der Waals surface area contributed by atoms with Crippen LogP contribution in [-0.2, 0) is 14.3 Å². The van der Waals surface area contributed by atoms with Gasteiger partial charge in [-0.25, -0.2) is 4.79 Å². The quantitative estimate of drug-likeness (QED) is 0.344. The maximum absolute atomic E-state index is 12.0. The van der Waals surface area contributed by atoms with Crippen molar-refractivity contribution in [3.63, 3.8) is 0 Å². The summed E-state index contributed by atoms with van der Waals surface area (Å²) in [5.41, 5.74) is -0.118. The number of hydrogen-bond acceptors (Lipinski definition) is 7. The number of nitrogens with zero attached hydrogens (tertiary/aromatic N) is 1. The number of ether oxygens (including phenoxy) is 3. The molecule has 0 spiro atoms. The molecular formula is C21H18N2O7. The standard InChI is InChI=1S/C21H18N2O7/c1-28-19-9-7-16(23(26)27)11-18(19)22-20(24)12-30-21(25)13-29-17-8-6-14-4-2-3-5-15(14)10-17/h2-11H,12-13H2,1H3,(H,22,24). The number of fused-ring (bicyclic) bond motifs is 1.